The second-order valence-electron chi connectivity index (χ2n) is 3.28. The first-order valence-electron chi connectivity index (χ1n) is 4.63. The van der Waals surface area contributed by atoms with Gasteiger partial charge in [-0.15, -0.1) is 0 Å². The molecule has 0 saturated heterocycles. The van der Waals surface area contributed by atoms with Crippen LogP contribution in [0.1, 0.15) is 18.1 Å². The van der Waals surface area contributed by atoms with Crippen molar-refractivity contribution in [2.75, 3.05) is 18.5 Å². The van der Waals surface area contributed by atoms with Gasteiger partial charge in [-0.05, 0) is 31.5 Å². The average Bonchev–Trinajstić information content (AvgIpc) is 2.16. The monoisotopic (exact) mass is 175 g/mol. The molecular weight excluding hydrogens is 158 g/mol. The molecule has 70 valence electrons. The van der Waals surface area contributed by atoms with Gasteiger partial charge in [0, 0.05) is 19.3 Å². The van der Waals surface area contributed by atoms with E-state index in [-0.39, 0.29) is 0 Å². The molecule has 0 fully saturated rings. The number of anilines is 1. The molecule has 13 heavy (non-hydrogen) atoms. The molecule has 0 radical (unpaired) electrons. The van der Waals surface area contributed by atoms with E-state index in [1.54, 1.807) is 0 Å². The number of hydrogen-bond donors (Lipinski definition) is 0. The summed E-state index contributed by atoms with van der Waals surface area (Å²) >= 11 is 0. The Hall–Kier alpha value is -1.24. The molecule has 0 aliphatic rings. The highest BCUT2D eigenvalue weighted by molar-refractivity contribution is 5.67. The van der Waals surface area contributed by atoms with Gasteiger partial charge < -0.3 is 4.90 Å². The summed E-state index contributed by atoms with van der Waals surface area (Å²) in [7, 11) is 2.09. The zero-order valence-corrected chi connectivity index (χ0v) is 8.67. The molecule has 1 rings (SSSR count). The normalized spacial score (nSPS) is 9.77. The average molecular weight is 175 g/mol. The summed E-state index contributed by atoms with van der Waals surface area (Å²) in [6.45, 7) is 9.09. The van der Waals surface area contributed by atoms with Crippen LogP contribution in [0, 0.1) is 6.92 Å². The van der Waals surface area contributed by atoms with Crippen LogP contribution < -0.4 is 4.90 Å². The summed E-state index contributed by atoms with van der Waals surface area (Å²) < 4.78 is 0. The molecule has 1 aromatic carbocycles. The van der Waals surface area contributed by atoms with Crippen molar-refractivity contribution in [2.45, 2.75) is 13.8 Å². The van der Waals surface area contributed by atoms with Gasteiger partial charge in [0.05, 0.1) is 0 Å². The van der Waals surface area contributed by atoms with Gasteiger partial charge in [0.15, 0.2) is 0 Å². The maximum atomic E-state index is 3.82. The molecule has 0 N–H and O–H groups in total. The van der Waals surface area contributed by atoms with Crippen LogP contribution in [0.3, 0.4) is 0 Å². The van der Waals surface area contributed by atoms with E-state index in [0.717, 1.165) is 6.54 Å². The van der Waals surface area contributed by atoms with Gasteiger partial charge in [-0.1, -0.05) is 24.3 Å². The van der Waals surface area contributed by atoms with E-state index in [2.05, 4.69) is 50.6 Å². The summed E-state index contributed by atoms with van der Waals surface area (Å²) in [6.07, 6.45) is 1.91. The highest BCUT2D eigenvalue weighted by atomic mass is 15.1. The smallest absolute Gasteiger partial charge is 0.0437 e. The molecule has 0 aliphatic heterocycles. The van der Waals surface area contributed by atoms with Crippen LogP contribution in [0.15, 0.2) is 24.8 Å². The standard InChI is InChI=1S/C12H17N/c1-5-11-9-10(3)7-8-12(11)13(4)6-2/h5,7-9H,1,6H2,2-4H3. The predicted octanol–water partition coefficient (Wildman–Crippen LogP) is 3.09. The van der Waals surface area contributed by atoms with Crippen LogP contribution in [0.4, 0.5) is 5.69 Å². The Labute approximate surface area is 80.7 Å². The number of benzene rings is 1. The Morgan fingerprint density at radius 2 is 2.15 bits per heavy atom. The molecular formula is C12H17N. The SMILES string of the molecule is C=Cc1cc(C)ccc1N(C)CC. The quantitative estimate of drug-likeness (QED) is 0.682. The van der Waals surface area contributed by atoms with E-state index < -0.39 is 0 Å². The molecule has 0 amide bonds. The van der Waals surface area contributed by atoms with Gasteiger partial charge in [0.2, 0.25) is 0 Å². The third-order valence-corrected chi connectivity index (χ3v) is 2.29. The van der Waals surface area contributed by atoms with E-state index in [9.17, 15) is 0 Å². The van der Waals surface area contributed by atoms with Crippen LogP contribution in [-0.4, -0.2) is 13.6 Å². The zero-order valence-electron chi connectivity index (χ0n) is 8.67. The molecule has 1 heteroatoms. The van der Waals surface area contributed by atoms with Crippen molar-refractivity contribution in [3.05, 3.63) is 35.9 Å². The van der Waals surface area contributed by atoms with Crippen molar-refractivity contribution in [2.24, 2.45) is 0 Å². The molecule has 0 heterocycles. The fourth-order valence-electron chi connectivity index (χ4n) is 1.36. The lowest BCUT2D eigenvalue weighted by molar-refractivity contribution is 0.966. The van der Waals surface area contributed by atoms with Crippen LogP contribution in [-0.2, 0) is 0 Å². The molecule has 0 bridgehead atoms. The minimum atomic E-state index is 1.02. The minimum absolute atomic E-state index is 1.02. The van der Waals surface area contributed by atoms with E-state index in [0.29, 0.717) is 0 Å². The van der Waals surface area contributed by atoms with Gasteiger partial charge in [0.1, 0.15) is 0 Å². The third kappa shape index (κ3) is 2.11. The maximum Gasteiger partial charge on any atom is 0.0437 e. The van der Waals surface area contributed by atoms with Gasteiger partial charge in [-0.2, -0.15) is 0 Å². The molecule has 0 unspecified atom stereocenters. The van der Waals surface area contributed by atoms with Gasteiger partial charge in [-0.3, -0.25) is 0 Å². The van der Waals surface area contributed by atoms with Crippen molar-refractivity contribution in [3.63, 3.8) is 0 Å². The number of nitrogens with zero attached hydrogens (tertiary/aromatic N) is 1. The first kappa shape index (κ1) is 9.85. The molecule has 0 atom stereocenters. The van der Waals surface area contributed by atoms with Crippen molar-refractivity contribution >= 4 is 11.8 Å². The fourth-order valence-corrected chi connectivity index (χ4v) is 1.36. The molecule has 1 aromatic rings. The van der Waals surface area contributed by atoms with Crippen LogP contribution in [0.5, 0.6) is 0 Å². The van der Waals surface area contributed by atoms with E-state index in [4.69, 9.17) is 0 Å². The summed E-state index contributed by atoms with van der Waals surface area (Å²) in [5.74, 6) is 0. The minimum Gasteiger partial charge on any atom is -0.374 e. The van der Waals surface area contributed by atoms with Gasteiger partial charge in [-0.25, -0.2) is 0 Å². The lowest BCUT2D eigenvalue weighted by atomic mass is 10.1. The zero-order chi connectivity index (χ0) is 9.84. The summed E-state index contributed by atoms with van der Waals surface area (Å²) in [4.78, 5) is 2.22. The Morgan fingerprint density at radius 1 is 1.46 bits per heavy atom. The molecule has 1 nitrogen and oxygen atoms in total. The van der Waals surface area contributed by atoms with Crippen molar-refractivity contribution < 1.29 is 0 Å². The van der Waals surface area contributed by atoms with Gasteiger partial charge >= 0.3 is 0 Å². The Kier molecular flexibility index (Phi) is 3.13. The Bertz CT molecular complexity index is 302. The van der Waals surface area contributed by atoms with Crippen LogP contribution in [0.2, 0.25) is 0 Å². The highest BCUT2D eigenvalue weighted by Gasteiger charge is 2.02. The molecule has 0 spiro atoms. The third-order valence-electron chi connectivity index (χ3n) is 2.29. The lowest BCUT2D eigenvalue weighted by Gasteiger charge is -2.19. The molecule has 0 aliphatic carbocycles. The van der Waals surface area contributed by atoms with Crippen molar-refractivity contribution in [1.29, 1.82) is 0 Å². The summed E-state index contributed by atoms with van der Waals surface area (Å²) in [5, 5.41) is 0. The summed E-state index contributed by atoms with van der Waals surface area (Å²) in [6, 6.07) is 6.44. The second-order valence-corrected chi connectivity index (χ2v) is 3.28. The van der Waals surface area contributed by atoms with E-state index in [1.807, 2.05) is 6.08 Å². The maximum absolute atomic E-state index is 3.82. The van der Waals surface area contributed by atoms with Gasteiger partial charge in [0.25, 0.3) is 0 Å². The fraction of sp³-hybridized carbons (Fsp3) is 0.333. The topological polar surface area (TPSA) is 3.24 Å². The largest absolute Gasteiger partial charge is 0.374 e. The first-order chi connectivity index (χ1) is 6.19. The number of hydrogen-bond acceptors (Lipinski definition) is 1. The lowest BCUT2D eigenvalue weighted by Crippen LogP contribution is -2.16. The second kappa shape index (κ2) is 4.13. The molecule has 0 aromatic heterocycles. The highest BCUT2D eigenvalue weighted by Crippen LogP contribution is 2.21. The predicted molar refractivity (Wildman–Crippen MR) is 60.2 cm³/mol. The van der Waals surface area contributed by atoms with Crippen molar-refractivity contribution in [1.82, 2.24) is 0 Å². The van der Waals surface area contributed by atoms with Crippen LogP contribution in [0.25, 0.3) is 6.08 Å². The summed E-state index contributed by atoms with van der Waals surface area (Å²) in [5.41, 5.74) is 3.75. The first-order valence-corrected chi connectivity index (χ1v) is 4.63. The van der Waals surface area contributed by atoms with Crippen LogP contribution >= 0.6 is 0 Å². The number of aryl methyl sites for hydroxylation is 1. The Morgan fingerprint density at radius 3 is 2.69 bits per heavy atom. The van der Waals surface area contributed by atoms with E-state index in [1.165, 1.54) is 16.8 Å². The number of rotatable bonds is 3. The van der Waals surface area contributed by atoms with Crippen molar-refractivity contribution in [3.8, 4) is 0 Å². The molecule has 0 saturated carbocycles. The Balaban J connectivity index is 3.13. The van der Waals surface area contributed by atoms with E-state index >= 15 is 0 Å².